The van der Waals surface area contributed by atoms with Gasteiger partial charge in [0.2, 0.25) is 0 Å². The van der Waals surface area contributed by atoms with Crippen LogP contribution in [-0.4, -0.2) is 7.11 Å². The Morgan fingerprint density at radius 1 is 0.824 bits per heavy atom. The lowest BCUT2D eigenvalue weighted by atomic mass is 10.2. The molecule has 2 rings (SSSR count). The maximum atomic E-state index is 5.58. The molecule has 1 nitrogen and oxygen atoms in total. The van der Waals surface area contributed by atoms with E-state index < -0.39 is 0 Å². The number of ether oxygens (including phenoxy) is 1. The minimum absolute atomic E-state index is 0.761. The highest BCUT2D eigenvalue weighted by Gasteiger charge is 1.85. The lowest BCUT2D eigenvalue weighted by Crippen LogP contribution is -1.80. The predicted molar refractivity (Wildman–Crippen MR) is 73.4 cm³/mol. The van der Waals surface area contributed by atoms with Crippen molar-refractivity contribution in [1.29, 1.82) is 0 Å². The van der Waals surface area contributed by atoms with Crippen molar-refractivity contribution in [3.8, 4) is 5.75 Å². The molecule has 2 heteroatoms. The van der Waals surface area contributed by atoms with Crippen LogP contribution in [0.3, 0.4) is 0 Å². The van der Waals surface area contributed by atoms with Crippen LogP contribution in [0.15, 0.2) is 48.5 Å². The van der Waals surface area contributed by atoms with Gasteiger partial charge in [-0.1, -0.05) is 35.9 Å². The first-order valence-electron chi connectivity index (χ1n) is 5.15. The van der Waals surface area contributed by atoms with Crippen LogP contribution in [0.2, 0.25) is 5.02 Å². The molecule has 0 spiro atoms. The summed E-state index contributed by atoms with van der Waals surface area (Å²) in [6, 6.07) is 15.0. The Hall–Kier alpha value is -1.47. The third kappa shape index (κ3) is 5.41. The minimum Gasteiger partial charge on any atom is -0.497 e. The normalized spacial score (nSPS) is 9.18. The van der Waals surface area contributed by atoms with E-state index in [1.807, 2.05) is 48.5 Å². The van der Waals surface area contributed by atoms with Crippen molar-refractivity contribution in [1.82, 2.24) is 0 Å². The second kappa shape index (κ2) is 6.97. The SMILES string of the molecule is [CH2]c1ccc(Cl)cc1.[CH2]c1ccc(OC)cc1. The van der Waals surface area contributed by atoms with Gasteiger partial charge >= 0.3 is 0 Å². The second-order valence-corrected chi connectivity index (χ2v) is 3.91. The number of benzene rings is 2. The maximum Gasteiger partial charge on any atom is 0.118 e. The van der Waals surface area contributed by atoms with E-state index in [1.54, 1.807) is 7.11 Å². The Morgan fingerprint density at radius 3 is 1.59 bits per heavy atom. The van der Waals surface area contributed by atoms with Crippen LogP contribution in [0.5, 0.6) is 5.75 Å². The molecular weight excluding hydrogens is 232 g/mol. The molecular formula is C15H15ClO. The van der Waals surface area contributed by atoms with E-state index in [1.165, 1.54) is 0 Å². The molecule has 88 valence electrons. The quantitative estimate of drug-likeness (QED) is 0.725. The van der Waals surface area contributed by atoms with Crippen LogP contribution in [0.4, 0.5) is 0 Å². The van der Waals surface area contributed by atoms with Crippen molar-refractivity contribution in [2.75, 3.05) is 7.11 Å². The highest BCUT2D eigenvalue weighted by atomic mass is 35.5. The number of halogens is 1. The van der Waals surface area contributed by atoms with Gasteiger partial charge in [0.15, 0.2) is 0 Å². The van der Waals surface area contributed by atoms with Crippen molar-refractivity contribution in [2.45, 2.75) is 0 Å². The monoisotopic (exact) mass is 246 g/mol. The summed E-state index contributed by atoms with van der Waals surface area (Å²) >= 11 is 5.58. The fourth-order valence-electron chi connectivity index (χ4n) is 1.11. The lowest BCUT2D eigenvalue weighted by molar-refractivity contribution is 0.415. The van der Waals surface area contributed by atoms with Crippen molar-refractivity contribution >= 4 is 11.6 Å². The van der Waals surface area contributed by atoms with Crippen LogP contribution < -0.4 is 4.74 Å². The molecule has 0 heterocycles. The second-order valence-electron chi connectivity index (χ2n) is 3.47. The Morgan fingerprint density at radius 2 is 1.24 bits per heavy atom. The summed E-state index contributed by atoms with van der Waals surface area (Å²) in [6.45, 7) is 7.44. The first-order valence-corrected chi connectivity index (χ1v) is 5.53. The zero-order chi connectivity index (χ0) is 12.7. The first kappa shape index (κ1) is 13.6. The topological polar surface area (TPSA) is 9.23 Å². The molecule has 0 aliphatic carbocycles. The largest absolute Gasteiger partial charge is 0.497 e. The molecule has 0 saturated heterocycles. The van der Waals surface area contributed by atoms with Crippen LogP contribution >= 0.6 is 11.6 Å². The first-order chi connectivity index (χ1) is 8.11. The van der Waals surface area contributed by atoms with Crippen molar-refractivity contribution in [3.63, 3.8) is 0 Å². The number of hydrogen-bond donors (Lipinski definition) is 0. The molecule has 0 aliphatic heterocycles. The summed E-state index contributed by atoms with van der Waals surface area (Å²) in [5, 5.41) is 0.761. The Kier molecular flexibility index (Phi) is 5.58. The molecule has 0 amide bonds. The molecule has 0 bridgehead atoms. The van der Waals surface area contributed by atoms with Gasteiger partial charge in [0.1, 0.15) is 5.75 Å². The molecule has 0 aromatic heterocycles. The lowest BCUT2D eigenvalue weighted by Gasteiger charge is -1.97. The molecule has 0 fully saturated rings. The molecule has 0 unspecified atom stereocenters. The van der Waals surface area contributed by atoms with E-state index in [2.05, 4.69) is 13.8 Å². The van der Waals surface area contributed by atoms with E-state index in [9.17, 15) is 0 Å². The van der Waals surface area contributed by atoms with Gasteiger partial charge in [-0.25, -0.2) is 0 Å². The molecule has 0 N–H and O–H groups in total. The van der Waals surface area contributed by atoms with Gasteiger partial charge in [0.05, 0.1) is 7.11 Å². The molecule has 0 atom stereocenters. The zero-order valence-electron chi connectivity index (χ0n) is 9.82. The Bertz CT molecular complexity index is 410. The summed E-state index contributed by atoms with van der Waals surface area (Å²) in [7, 11) is 1.65. The third-order valence-corrected chi connectivity index (χ3v) is 2.32. The van der Waals surface area contributed by atoms with Gasteiger partial charge in [-0.05, 0) is 49.2 Å². The Balaban J connectivity index is 0.000000171. The van der Waals surface area contributed by atoms with Crippen LogP contribution in [-0.2, 0) is 0 Å². The number of hydrogen-bond acceptors (Lipinski definition) is 1. The van der Waals surface area contributed by atoms with Crippen LogP contribution in [0.25, 0.3) is 0 Å². The van der Waals surface area contributed by atoms with E-state index in [0.29, 0.717) is 0 Å². The molecule has 2 radical (unpaired) electrons. The highest BCUT2D eigenvalue weighted by molar-refractivity contribution is 6.30. The van der Waals surface area contributed by atoms with Crippen molar-refractivity contribution in [3.05, 3.63) is 78.5 Å². The summed E-state index contributed by atoms with van der Waals surface area (Å²) in [5.74, 6) is 0.877. The molecule has 17 heavy (non-hydrogen) atoms. The summed E-state index contributed by atoms with van der Waals surface area (Å²) in [4.78, 5) is 0. The highest BCUT2D eigenvalue weighted by Crippen LogP contribution is 2.09. The fourth-order valence-corrected chi connectivity index (χ4v) is 1.24. The zero-order valence-corrected chi connectivity index (χ0v) is 10.6. The molecule has 2 aromatic rings. The molecule has 2 aromatic carbocycles. The van der Waals surface area contributed by atoms with E-state index in [4.69, 9.17) is 16.3 Å². The maximum absolute atomic E-state index is 5.58. The van der Waals surface area contributed by atoms with Gasteiger partial charge in [0, 0.05) is 5.02 Å². The fraction of sp³-hybridized carbons (Fsp3) is 0.0667. The van der Waals surface area contributed by atoms with Gasteiger partial charge in [-0.2, -0.15) is 0 Å². The van der Waals surface area contributed by atoms with E-state index in [-0.39, 0.29) is 0 Å². The number of methoxy groups -OCH3 is 1. The molecule has 0 aliphatic rings. The Labute approximate surface area is 108 Å². The average molecular weight is 247 g/mol. The minimum atomic E-state index is 0.761. The van der Waals surface area contributed by atoms with Gasteiger partial charge < -0.3 is 4.74 Å². The third-order valence-electron chi connectivity index (χ3n) is 2.07. The van der Waals surface area contributed by atoms with Crippen LogP contribution in [0, 0.1) is 13.8 Å². The average Bonchev–Trinajstić information content (AvgIpc) is 2.35. The molecule has 0 saturated carbocycles. The number of rotatable bonds is 1. The van der Waals surface area contributed by atoms with Gasteiger partial charge in [0.25, 0.3) is 0 Å². The standard InChI is InChI=1S/C8H9O.C7H6Cl/c1-7-3-5-8(9-2)6-4-7;1-6-2-4-7(8)5-3-6/h3-6H,1H2,2H3;2-5H,1H2. The van der Waals surface area contributed by atoms with E-state index >= 15 is 0 Å². The summed E-state index contributed by atoms with van der Waals surface area (Å²) in [5.41, 5.74) is 2.00. The van der Waals surface area contributed by atoms with Crippen LogP contribution in [0.1, 0.15) is 11.1 Å². The predicted octanol–water partition coefficient (Wildman–Crippen LogP) is 4.40. The van der Waals surface area contributed by atoms with Gasteiger partial charge in [-0.3, -0.25) is 0 Å². The summed E-state index contributed by atoms with van der Waals surface area (Å²) < 4.78 is 4.94. The summed E-state index contributed by atoms with van der Waals surface area (Å²) in [6.07, 6.45) is 0. The smallest absolute Gasteiger partial charge is 0.118 e. The van der Waals surface area contributed by atoms with E-state index in [0.717, 1.165) is 21.9 Å². The van der Waals surface area contributed by atoms with Crippen molar-refractivity contribution < 1.29 is 4.74 Å². The van der Waals surface area contributed by atoms with Crippen molar-refractivity contribution in [2.24, 2.45) is 0 Å². The van der Waals surface area contributed by atoms with Gasteiger partial charge in [-0.15, -0.1) is 0 Å².